The highest BCUT2D eigenvalue weighted by atomic mass is 79.9. The summed E-state index contributed by atoms with van der Waals surface area (Å²) in [5, 5.41) is 5.32. The molecule has 0 aliphatic heterocycles. The molecule has 1 N–H and O–H groups in total. The highest BCUT2D eigenvalue weighted by molar-refractivity contribution is 9.10. The molecular weight excluding hydrogens is 342 g/mol. The Morgan fingerprint density at radius 1 is 1.09 bits per heavy atom. The van der Waals surface area contributed by atoms with Crippen molar-refractivity contribution < 1.29 is 9.53 Å². The zero-order chi connectivity index (χ0) is 15.4. The SMILES string of the molecule is O=C(COc1ccc2ccc(Br)cc2c1)NC1CCCCC1. The van der Waals surface area contributed by atoms with Crippen LogP contribution in [0.1, 0.15) is 32.1 Å². The predicted octanol–water partition coefficient (Wildman–Crippen LogP) is 4.43. The van der Waals surface area contributed by atoms with Gasteiger partial charge in [-0.3, -0.25) is 4.79 Å². The van der Waals surface area contributed by atoms with Crippen LogP contribution in [0.15, 0.2) is 40.9 Å². The molecule has 0 atom stereocenters. The molecule has 22 heavy (non-hydrogen) atoms. The van der Waals surface area contributed by atoms with E-state index in [4.69, 9.17) is 4.74 Å². The van der Waals surface area contributed by atoms with Crippen LogP contribution in [0.4, 0.5) is 0 Å². The van der Waals surface area contributed by atoms with Crippen LogP contribution >= 0.6 is 15.9 Å². The first-order valence-corrected chi connectivity index (χ1v) is 8.61. The Morgan fingerprint density at radius 2 is 1.86 bits per heavy atom. The van der Waals surface area contributed by atoms with E-state index in [1.165, 1.54) is 19.3 Å². The topological polar surface area (TPSA) is 38.3 Å². The molecule has 2 aromatic rings. The Bertz CT molecular complexity index is 665. The lowest BCUT2D eigenvalue weighted by atomic mass is 9.95. The van der Waals surface area contributed by atoms with Gasteiger partial charge in [0.15, 0.2) is 6.61 Å². The maximum atomic E-state index is 12.0. The average molecular weight is 362 g/mol. The zero-order valence-electron chi connectivity index (χ0n) is 12.5. The minimum Gasteiger partial charge on any atom is -0.484 e. The van der Waals surface area contributed by atoms with Gasteiger partial charge in [-0.1, -0.05) is 47.3 Å². The zero-order valence-corrected chi connectivity index (χ0v) is 14.1. The Hall–Kier alpha value is -1.55. The molecule has 0 heterocycles. The van der Waals surface area contributed by atoms with E-state index in [1.54, 1.807) is 0 Å². The number of carbonyl (C=O) groups excluding carboxylic acids is 1. The van der Waals surface area contributed by atoms with E-state index in [1.807, 2.05) is 30.3 Å². The van der Waals surface area contributed by atoms with Crippen molar-refractivity contribution in [1.82, 2.24) is 5.32 Å². The van der Waals surface area contributed by atoms with Crippen molar-refractivity contribution in [3.8, 4) is 5.75 Å². The van der Waals surface area contributed by atoms with Gasteiger partial charge in [-0.2, -0.15) is 0 Å². The lowest BCUT2D eigenvalue weighted by Crippen LogP contribution is -2.38. The maximum Gasteiger partial charge on any atom is 0.258 e. The molecule has 0 spiro atoms. The monoisotopic (exact) mass is 361 g/mol. The van der Waals surface area contributed by atoms with Crippen molar-refractivity contribution in [2.24, 2.45) is 0 Å². The lowest BCUT2D eigenvalue weighted by molar-refractivity contribution is -0.124. The molecule has 0 saturated heterocycles. The van der Waals surface area contributed by atoms with E-state index in [2.05, 4.69) is 27.3 Å². The number of rotatable bonds is 4. The van der Waals surface area contributed by atoms with E-state index in [9.17, 15) is 4.79 Å². The summed E-state index contributed by atoms with van der Waals surface area (Å²) in [6.07, 6.45) is 5.90. The summed E-state index contributed by atoms with van der Waals surface area (Å²) in [5.41, 5.74) is 0. The molecule has 1 saturated carbocycles. The fourth-order valence-corrected chi connectivity index (χ4v) is 3.33. The Kier molecular flexibility index (Phi) is 4.98. The van der Waals surface area contributed by atoms with E-state index < -0.39 is 0 Å². The number of nitrogens with one attached hydrogen (secondary N) is 1. The van der Waals surface area contributed by atoms with E-state index in [0.717, 1.165) is 33.8 Å². The summed E-state index contributed by atoms with van der Waals surface area (Å²) < 4.78 is 6.66. The first-order valence-electron chi connectivity index (χ1n) is 7.82. The van der Waals surface area contributed by atoms with Crippen molar-refractivity contribution in [3.05, 3.63) is 40.9 Å². The molecule has 3 nitrogen and oxygen atoms in total. The molecule has 0 aromatic heterocycles. The molecule has 0 bridgehead atoms. The van der Waals surface area contributed by atoms with Crippen LogP contribution in [-0.4, -0.2) is 18.6 Å². The molecule has 3 rings (SSSR count). The van der Waals surface area contributed by atoms with Gasteiger partial charge in [0.1, 0.15) is 5.75 Å². The van der Waals surface area contributed by atoms with Crippen molar-refractivity contribution in [1.29, 1.82) is 0 Å². The molecule has 1 fully saturated rings. The van der Waals surface area contributed by atoms with Gasteiger partial charge in [0, 0.05) is 10.5 Å². The van der Waals surface area contributed by atoms with Crippen molar-refractivity contribution in [3.63, 3.8) is 0 Å². The molecule has 1 aliphatic carbocycles. The van der Waals surface area contributed by atoms with Crippen LogP contribution in [0.25, 0.3) is 10.8 Å². The molecule has 1 aliphatic rings. The van der Waals surface area contributed by atoms with Gasteiger partial charge in [-0.05, 0) is 47.9 Å². The van der Waals surface area contributed by atoms with Crippen molar-refractivity contribution >= 4 is 32.6 Å². The third-order valence-corrected chi connectivity index (χ3v) is 4.61. The second-order valence-electron chi connectivity index (χ2n) is 5.84. The summed E-state index contributed by atoms with van der Waals surface area (Å²) in [5.74, 6) is 0.700. The van der Waals surface area contributed by atoms with E-state index in [0.29, 0.717) is 6.04 Å². The van der Waals surface area contributed by atoms with Gasteiger partial charge in [0.25, 0.3) is 5.91 Å². The highest BCUT2D eigenvalue weighted by Gasteiger charge is 2.15. The molecule has 0 radical (unpaired) electrons. The van der Waals surface area contributed by atoms with Gasteiger partial charge in [0.2, 0.25) is 0 Å². The van der Waals surface area contributed by atoms with Crippen molar-refractivity contribution in [2.75, 3.05) is 6.61 Å². The number of ether oxygens (including phenoxy) is 1. The Balaban J connectivity index is 1.57. The summed E-state index contributed by atoms with van der Waals surface area (Å²) in [7, 11) is 0. The van der Waals surface area contributed by atoms with Gasteiger partial charge in [-0.15, -0.1) is 0 Å². The Labute approximate surface area is 139 Å². The van der Waals surface area contributed by atoms with Crippen LogP contribution in [0, 0.1) is 0 Å². The third-order valence-electron chi connectivity index (χ3n) is 4.11. The largest absolute Gasteiger partial charge is 0.484 e. The predicted molar refractivity (Wildman–Crippen MR) is 92.2 cm³/mol. The molecule has 2 aromatic carbocycles. The normalized spacial score (nSPS) is 15.7. The molecule has 0 unspecified atom stereocenters. The van der Waals surface area contributed by atoms with Crippen molar-refractivity contribution in [2.45, 2.75) is 38.1 Å². The van der Waals surface area contributed by atoms with Gasteiger partial charge in [0.05, 0.1) is 0 Å². The molecular formula is C18H20BrNO2. The van der Waals surface area contributed by atoms with Gasteiger partial charge >= 0.3 is 0 Å². The smallest absolute Gasteiger partial charge is 0.258 e. The van der Waals surface area contributed by atoms with Crippen LogP contribution < -0.4 is 10.1 Å². The molecule has 116 valence electrons. The van der Waals surface area contributed by atoms with Gasteiger partial charge < -0.3 is 10.1 Å². The number of carbonyl (C=O) groups is 1. The summed E-state index contributed by atoms with van der Waals surface area (Å²) in [6.45, 7) is 0.0794. The van der Waals surface area contributed by atoms with Crippen LogP contribution in [0.5, 0.6) is 5.75 Å². The number of amides is 1. The number of hydrogen-bond donors (Lipinski definition) is 1. The fourth-order valence-electron chi connectivity index (χ4n) is 2.95. The lowest BCUT2D eigenvalue weighted by Gasteiger charge is -2.22. The first kappa shape index (κ1) is 15.3. The maximum absolute atomic E-state index is 12.0. The minimum atomic E-state index is -0.0266. The second-order valence-corrected chi connectivity index (χ2v) is 6.76. The summed E-state index contributed by atoms with van der Waals surface area (Å²) in [6, 6.07) is 12.3. The number of fused-ring (bicyclic) bond motifs is 1. The number of halogens is 1. The van der Waals surface area contributed by atoms with Crippen LogP contribution in [0.3, 0.4) is 0 Å². The number of benzene rings is 2. The molecule has 1 amide bonds. The standard InChI is InChI=1S/C18H20BrNO2/c19-15-8-6-13-7-9-17(11-14(13)10-15)22-12-18(21)20-16-4-2-1-3-5-16/h6-11,16H,1-5,12H2,(H,20,21). The summed E-state index contributed by atoms with van der Waals surface area (Å²) >= 11 is 3.47. The number of hydrogen-bond acceptors (Lipinski definition) is 2. The fraction of sp³-hybridized carbons (Fsp3) is 0.389. The second kappa shape index (κ2) is 7.14. The van der Waals surface area contributed by atoms with E-state index in [-0.39, 0.29) is 12.5 Å². The molecule has 4 heteroatoms. The third kappa shape index (κ3) is 4.01. The van der Waals surface area contributed by atoms with Gasteiger partial charge in [-0.25, -0.2) is 0 Å². The average Bonchev–Trinajstić information content (AvgIpc) is 2.53. The van der Waals surface area contributed by atoms with Crippen LogP contribution in [0.2, 0.25) is 0 Å². The van der Waals surface area contributed by atoms with Crippen LogP contribution in [-0.2, 0) is 4.79 Å². The summed E-state index contributed by atoms with van der Waals surface area (Å²) in [4.78, 5) is 12.0. The Morgan fingerprint density at radius 3 is 2.68 bits per heavy atom. The quantitative estimate of drug-likeness (QED) is 0.874. The highest BCUT2D eigenvalue weighted by Crippen LogP contribution is 2.24. The first-order chi connectivity index (χ1) is 10.7. The minimum absolute atomic E-state index is 0.0266. The van der Waals surface area contributed by atoms with E-state index >= 15 is 0 Å².